The van der Waals surface area contributed by atoms with E-state index in [-0.39, 0.29) is 9.99 Å². The summed E-state index contributed by atoms with van der Waals surface area (Å²) in [6.45, 7) is 0. The van der Waals surface area contributed by atoms with Gasteiger partial charge in [0.2, 0.25) is 0 Å². The minimum absolute atomic E-state index is 0.186. The summed E-state index contributed by atoms with van der Waals surface area (Å²) in [5, 5.41) is 0. The molecule has 13 heavy (non-hydrogen) atoms. The Bertz CT molecular complexity index is 343. The minimum atomic E-state index is -2.80. The van der Waals surface area contributed by atoms with Crippen molar-refractivity contribution < 1.29 is 18.0 Å². The van der Waals surface area contributed by atoms with Gasteiger partial charge in [-0.1, -0.05) is 0 Å². The summed E-state index contributed by atoms with van der Waals surface area (Å²) in [6.07, 6.45) is -2.61. The number of hydrogen-bond acceptors (Lipinski definition) is 2. The Morgan fingerprint density at radius 2 is 2.15 bits per heavy atom. The molecule has 0 aromatic carbocycles. The molecule has 0 amide bonds. The molecule has 0 aliphatic rings. The number of pyridine rings is 1. The number of rotatable bonds is 2. The van der Waals surface area contributed by atoms with Crippen LogP contribution in [0.4, 0.5) is 13.2 Å². The Balaban J connectivity index is 3.30. The number of carbonyl (C=O) groups excluding carboxylic acids is 1. The van der Waals surface area contributed by atoms with Crippen molar-refractivity contribution in [1.82, 2.24) is 4.98 Å². The second-order valence-corrected chi connectivity index (χ2v) is 3.18. The molecule has 0 aliphatic heterocycles. The van der Waals surface area contributed by atoms with Crippen LogP contribution in [0, 0.1) is 9.52 Å². The maximum Gasteiger partial charge on any atom is 0.280 e. The molecule has 1 heterocycles. The van der Waals surface area contributed by atoms with E-state index in [9.17, 15) is 18.0 Å². The van der Waals surface area contributed by atoms with Gasteiger partial charge in [-0.2, -0.15) is 0 Å². The van der Waals surface area contributed by atoms with Crippen LogP contribution in [0.2, 0.25) is 0 Å². The Morgan fingerprint density at radius 3 is 2.62 bits per heavy atom. The van der Waals surface area contributed by atoms with Gasteiger partial charge >= 0.3 is 0 Å². The van der Waals surface area contributed by atoms with Gasteiger partial charge in [-0.25, -0.2) is 18.2 Å². The second-order valence-electron chi connectivity index (χ2n) is 2.16. The number of alkyl halides is 2. The monoisotopic (exact) mass is 301 g/mol. The van der Waals surface area contributed by atoms with E-state index in [2.05, 4.69) is 4.98 Å². The second kappa shape index (κ2) is 4.03. The minimum Gasteiger partial charge on any atom is -0.298 e. The topological polar surface area (TPSA) is 30.0 Å². The van der Waals surface area contributed by atoms with Crippen LogP contribution in [0.25, 0.3) is 0 Å². The summed E-state index contributed by atoms with van der Waals surface area (Å²) in [5.74, 6) is -0.861. The maximum atomic E-state index is 12.9. The first-order chi connectivity index (χ1) is 6.06. The van der Waals surface area contributed by atoms with Gasteiger partial charge in [0.05, 0.1) is 5.56 Å². The van der Waals surface area contributed by atoms with Gasteiger partial charge in [0, 0.05) is 0 Å². The number of aldehydes is 1. The van der Waals surface area contributed by atoms with Crippen molar-refractivity contribution >= 4 is 28.9 Å². The molecule has 0 fully saturated rings. The first-order valence-corrected chi connectivity index (χ1v) is 4.23. The van der Waals surface area contributed by atoms with Gasteiger partial charge < -0.3 is 0 Å². The molecular weight excluding hydrogens is 298 g/mol. The van der Waals surface area contributed by atoms with Crippen LogP contribution in [0.3, 0.4) is 0 Å². The number of aromatic nitrogens is 1. The molecule has 1 aromatic heterocycles. The van der Waals surface area contributed by atoms with Gasteiger partial charge in [-0.05, 0) is 28.7 Å². The van der Waals surface area contributed by atoms with Crippen molar-refractivity contribution in [2.24, 2.45) is 0 Å². The zero-order valence-electron chi connectivity index (χ0n) is 6.10. The average Bonchev–Trinajstić information content (AvgIpc) is 2.09. The van der Waals surface area contributed by atoms with Crippen molar-refractivity contribution in [3.05, 3.63) is 26.8 Å². The lowest BCUT2D eigenvalue weighted by atomic mass is 10.2. The first-order valence-electron chi connectivity index (χ1n) is 3.15. The van der Waals surface area contributed by atoms with Crippen LogP contribution < -0.4 is 0 Å². The molecule has 0 unspecified atom stereocenters. The third kappa shape index (κ3) is 2.17. The lowest BCUT2D eigenvalue weighted by molar-refractivity contribution is 0.111. The van der Waals surface area contributed by atoms with Gasteiger partial charge in [0.1, 0.15) is 9.39 Å². The molecular formula is C7H3F3INO. The highest BCUT2D eigenvalue weighted by Gasteiger charge is 2.15. The standard InChI is InChI=1S/C7H3F3INO/c8-5-3(2-13)1-4(6(9)10)12-7(5)11/h1-2,6H. The Morgan fingerprint density at radius 1 is 1.54 bits per heavy atom. The summed E-state index contributed by atoms with van der Waals surface area (Å²) in [4.78, 5) is 13.5. The smallest absolute Gasteiger partial charge is 0.280 e. The van der Waals surface area contributed by atoms with E-state index in [0.29, 0.717) is 0 Å². The summed E-state index contributed by atoms with van der Waals surface area (Å²) in [7, 11) is 0. The van der Waals surface area contributed by atoms with Crippen molar-refractivity contribution in [3.8, 4) is 0 Å². The van der Waals surface area contributed by atoms with E-state index < -0.39 is 23.5 Å². The van der Waals surface area contributed by atoms with E-state index in [1.54, 1.807) is 0 Å². The van der Waals surface area contributed by atoms with E-state index in [0.717, 1.165) is 6.07 Å². The summed E-state index contributed by atoms with van der Waals surface area (Å²) in [6, 6.07) is 0.745. The molecule has 0 saturated heterocycles. The Kier molecular flexibility index (Phi) is 3.23. The Labute approximate surface area is 85.3 Å². The molecule has 0 aliphatic carbocycles. The van der Waals surface area contributed by atoms with Crippen molar-refractivity contribution in [1.29, 1.82) is 0 Å². The SMILES string of the molecule is O=Cc1cc(C(F)F)nc(I)c1F. The molecule has 1 rings (SSSR count). The summed E-state index contributed by atoms with van der Waals surface area (Å²) < 4.78 is 36.9. The third-order valence-corrected chi connectivity index (χ3v) is 2.03. The highest BCUT2D eigenvalue weighted by Crippen LogP contribution is 2.21. The molecule has 0 saturated carbocycles. The molecule has 0 radical (unpaired) electrons. The number of nitrogens with zero attached hydrogens (tertiary/aromatic N) is 1. The number of carbonyl (C=O) groups is 1. The van der Waals surface area contributed by atoms with Crippen LogP contribution in [0.5, 0.6) is 0 Å². The zero-order valence-corrected chi connectivity index (χ0v) is 8.26. The largest absolute Gasteiger partial charge is 0.298 e. The molecule has 0 atom stereocenters. The normalized spacial score (nSPS) is 10.5. The fourth-order valence-electron chi connectivity index (χ4n) is 0.734. The molecule has 0 bridgehead atoms. The molecule has 2 nitrogen and oxygen atoms in total. The highest BCUT2D eigenvalue weighted by molar-refractivity contribution is 14.1. The highest BCUT2D eigenvalue weighted by atomic mass is 127. The van der Waals surface area contributed by atoms with Crippen LogP contribution in [-0.4, -0.2) is 11.3 Å². The first kappa shape index (κ1) is 10.4. The van der Waals surface area contributed by atoms with Crippen molar-refractivity contribution in [3.63, 3.8) is 0 Å². The van der Waals surface area contributed by atoms with E-state index in [1.807, 2.05) is 0 Å². The average molecular weight is 301 g/mol. The lowest BCUT2D eigenvalue weighted by Gasteiger charge is -2.02. The molecule has 6 heteroatoms. The van der Waals surface area contributed by atoms with E-state index in [4.69, 9.17) is 0 Å². The maximum absolute atomic E-state index is 12.9. The Hall–Kier alpha value is -0.660. The molecule has 70 valence electrons. The van der Waals surface area contributed by atoms with Crippen molar-refractivity contribution in [2.75, 3.05) is 0 Å². The summed E-state index contributed by atoms with van der Waals surface area (Å²) >= 11 is 1.45. The number of hydrogen-bond donors (Lipinski definition) is 0. The molecule has 0 N–H and O–H groups in total. The summed E-state index contributed by atoms with van der Waals surface area (Å²) in [5.41, 5.74) is -0.984. The van der Waals surface area contributed by atoms with Gasteiger partial charge in [0.15, 0.2) is 12.1 Å². The fraction of sp³-hybridized carbons (Fsp3) is 0.143. The zero-order chi connectivity index (χ0) is 10.0. The molecule has 1 aromatic rings. The predicted octanol–water partition coefficient (Wildman–Crippen LogP) is 2.58. The van der Waals surface area contributed by atoms with Crippen LogP contribution >= 0.6 is 22.6 Å². The van der Waals surface area contributed by atoms with Crippen LogP contribution in [0.15, 0.2) is 6.07 Å². The third-order valence-electron chi connectivity index (χ3n) is 1.32. The van der Waals surface area contributed by atoms with Gasteiger partial charge in [0.25, 0.3) is 6.43 Å². The van der Waals surface area contributed by atoms with Crippen LogP contribution in [0.1, 0.15) is 22.5 Å². The quantitative estimate of drug-likeness (QED) is 0.477. The van der Waals surface area contributed by atoms with E-state index >= 15 is 0 Å². The molecule has 0 spiro atoms. The predicted molar refractivity (Wildman–Crippen MR) is 47.3 cm³/mol. The van der Waals surface area contributed by atoms with Crippen molar-refractivity contribution in [2.45, 2.75) is 6.43 Å². The van der Waals surface area contributed by atoms with Gasteiger partial charge in [-0.15, -0.1) is 0 Å². The van der Waals surface area contributed by atoms with Crippen LogP contribution in [-0.2, 0) is 0 Å². The lowest BCUT2D eigenvalue weighted by Crippen LogP contribution is -2.00. The number of halogens is 4. The van der Waals surface area contributed by atoms with Gasteiger partial charge in [-0.3, -0.25) is 4.79 Å². The van der Waals surface area contributed by atoms with E-state index in [1.165, 1.54) is 22.6 Å². The fourth-order valence-corrected chi connectivity index (χ4v) is 1.32.